The second kappa shape index (κ2) is 10.2. The van der Waals surface area contributed by atoms with Crippen LogP contribution < -0.4 is 10.6 Å². The van der Waals surface area contributed by atoms with Crippen LogP contribution in [-0.4, -0.2) is 63.3 Å². The molecule has 4 rings (SSSR count). The summed E-state index contributed by atoms with van der Waals surface area (Å²) in [6.45, 7) is 3.20. The predicted molar refractivity (Wildman–Crippen MR) is 122 cm³/mol. The van der Waals surface area contributed by atoms with Crippen molar-refractivity contribution in [1.82, 2.24) is 20.2 Å². The molecule has 8 heteroatoms. The van der Waals surface area contributed by atoms with Crippen LogP contribution in [0.25, 0.3) is 11.3 Å². The molecule has 166 valence electrons. The Balaban J connectivity index is 1.41. The standard InChI is InChI=1S/C24H27N5O3/c30-20-6-4-17(5-7-20)8-10-26-24-27-11-9-21(28-24)19-3-1-2-18(14-19)16-29-13-12-25-15-22(29)23(31)32/h1-7,9,11,14,22,25,30H,8,10,12-13,15-16H2,(H,31,32)(H,26,27,28). The van der Waals surface area contributed by atoms with E-state index in [1.165, 1.54) is 0 Å². The van der Waals surface area contributed by atoms with Crippen LogP contribution in [0, 0.1) is 0 Å². The van der Waals surface area contributed by atoms with Crippen LogP contribution in [-0.2, 0) is 17.8 Å². The molecule has 0 amide bonds. The van der Waals surface area contributed by atoms with Gasteiger partial charge in [0, 0.05) is 44.5 Å². The van der Waals surface area contributed by atoms with Crippen LogP contribution in [0.4, 0.5) is 5.95 Å². The molecule has 3 aromatic rings. The molecule has 1 fully saturated rings. The summed E-state index contributed by atoms with van der Waals surface area (Å²) in [5.74, 6) is 0.0160. The van der Waals surface area contributed by atoms with Crippen molar-refractivity contribution in [1.29, 1.82) is 0 Å². The number of carboxylic acid groups (broad SMARTS) is 1. The number of nitrogens with one attached hydrogen (secondary N) is 2. The van der Waals surface area contributed by atoms with Crippen LogP contribution in [0.1, 0.15) is 11.1 Å². The van der Waals surface area contributed by atoms with Gasteiger partial charge in [0.2, 0.25) is 5.95 Å². The first-order valence-electron chi connectivity index (χ1n) is 10.7. The third kappa shape index (κ3) is 5.60. The molecular formula is C24H27N5O3. The lowest BCUT2D eigenvalue weighted by Crippen LogP contribution is -2.54. The van der Waals surface area contributed by atoms with Gasteiger partial charge in [0.25, 0.3) is 0 Å². The third-order valence-electron chi connectivity index (χ3n) is 5.54. The first-order chi connectivity index (χ1) is 15.6. The highest BCUT2D eigenvalue weighted by atomic mass is 16.4. The molecule has 0 aliphatic carbocycles. The molecule has 32 heavy (non-hydrogen) atoms. The molecule has 2 heterocycles. The van der Waals surface area contributed by atoms with Crippen molar-refractivity contribution in [3.05, 3.63) is 71.9 Å². The van der Waals surface area contributed by atoms with E-state index >= 15 is 0 Å². The Hall–Kier alpha value is -3.49. The SMILES string of the molecule is O=C(O)C1CNCCN1Cc1cccc(-c2ccnc(NCCc3ccc(O)cc3)n2)c1. The Morgan fingerprint density at radius 1 is 1.16 bits per heavy atom. The van der Waals surface area contributed by atoms with Gasteiger partial charge >= 0.3 is 5.97 Å². The molecular weight excluding hydrogens is 406 g/mol. The van der Waals surface area contributed by atoms with Gasteiger partial charge in [0.05, 0.1) is 5.69 Å². The highest BCUT2D eigenvalue weighted by Crippen LogP contribution is 2.21. The Morgan fingerprint density at radius 2 is 2.00 bits per heavy atom. The van der Waals surface area contributed by atoms with Gasteiger partial charge in [0.15, 0.2) is 0 Å². The lowest BCUT2D eigenvalue weighted by molar-refractivity contribution is -0.144. The van der Waals surface area contributed by atoms with E-state index in [0.717, 1.165) is 35.3 Å². The van der Waals surface area contributed by atoms with Crippen molar-refractivity contribution < 1.29 is 15.0 Å². The minimum atomic E-state index is -0.799. The van der Waals surface area contributed by atoms with Crippen LogP contribution in [0.15, 0.2) is 60.8 Å². The van der Waals surface area contributed by atoms with Crippen molar-refractivity contribution in [2.45, 2.75) is 19.0 Å². The maximum atomic E-state index is 11.6. The highest BCUT2D eigenvalue weighted by Gasteiger charge is 2.28. The number of aromatic nitrogens is 2. The first-order valence-corrected chi connectivity index (χ1v) is 10.7. The molecule has 8 nitrogen and oxygen atoms in total. The summed E-state index contributed by atoms with van der Waals surface area (Å²) >= 11 is 0. The second-order valence-electron chi connectivity index (χ2n) is 7.84. The fourth-order valence-corrected chi connectivity index (χ4v) is 3.83. The summed E-state index contributed by atoms with van der Waals surface area (Å²) in [6, 6.07) is 16.6. The number of anilines is 1. The van der Waals surface area contributed by atoms with Gasteiger partial charge in [-0.3, -0.25) is 9.69 Å². The Kier molecular flexibility index (Phi) is 6.94. The van der Waals surface area contributed by atoms with E-state index < -0.39 is 12.0 Å². The zero-order chi connectivity index (χ0) is 22.3. The molecule has 2 aromatic carbocycles. The Morgan fingerprint density at radius 3 is 2.81 bits per heavy atom. The summed E-state index contributed by atoms with van der Waals surface area (Å²) in [6.07, 6.45) is 2.52. The fourth-order valence-electron chi connectivity index (χ4n) is 3.83. The highest BCUT2D eigenvalue weighted by molar-refractivity contribution is 5.74. The van der Waals surface area contributed by atoms with Crippen molar-refractivity contribution in [3.63, 3.8) is 0 Å². The average Bonchev–Trinajstić information content (AvgIpc) is 2.81. The number of phenols is 1. The number of nitrogens with zero attached hydrogens (tertiary/aromatic N) is 3. The third-order valence-corrected chi connectivity index (χ3v) is 5.54. The molecule has 4 N–H and O–H groups in total. The largest absolute Gasteiger partial charge is 0.508 e. The summed E-state index contributed by atoms with van der Waals surface area (Å²) in [5, 5.41) is 25.3. The van der Waals surface area contributed by atoms with Crippen molar-refractivity contribution in [3.8, 4) is 17.0 Å². The lowest BCUT2D eigenvalue weighted by Gasteiger charge is -2.33. The molecule has 1 aliphatic heterocycles. The number of carbonyl (C=O) groups is 1. The number of phenolic OH excluding ortho intramolecular Hbond substituents is 1. The quantitative estimate of drug-likeness (QED) is 0.429. The van der Waals surface area contributed by atoms with Gasteiger partial charge in [-0.1, -0.05) is 30.3 Å². The number of hydrogen-bond donors (Lipinski definition) is 4. The summed E-state index contributed by atoms with van der Waals surface area (Å²) in [4.78, 5) is 22.5. The minimum Gasteiger partial charge on any atom is -0.508 e. The smallest absolute Gasteiger partial charge is 0.322 e. The zero-order valence-electron chi connectivity index (χ0n) is 17.7. The van der Waals surface area contributed by atoms with E-state index in [4.69, 9.17) is 0 Å². The maximum absolute atomic E-state index is 11.6. The van der Waals surface area contributed by atoms with E-state index in [1.807, 2.05) is 41.3 Å². The van der Waals surface area contributed by atoms with E-state index in [2.05, 4.69) is 26.7 Å². The summed E-state index contributed by atoms with van der Waals surface area (Å²) < 4.78 is 0. The Labute approximate surface area is 187 Å². The average molecular weight is 434 g/mol. The molecule has 1 saturated heterocycles. The molecule has 0 bridgehead atoms. The number of aromatic hydroxyl groups is 1. The normalized spacial score (nSPS) is 16.6. The topological polar surface area (TPSA) is 111 Å². The van der Waals surface area contributed by atoms with Crippen molar-refractivity contribution in [2.24, 2.45) is 0 Å². The predicted octanol–water partition coefficient (Wildman–Crippen LogP) is 2.36. The minimum absolute atomic E-state index is 0.260. The molecule has 1 aliphatic rings. The second-order valence-corrected chi connectivity index (χ2v) is 7.84. The van der Waals surface area contributed by atoms with Crippen LogP contribution >= 0.6 is 0 Å². The van der Waals surface area contributed by atoms with Gasteiger partial charge in [-0.05, 0) is 41.8 Å². The number of piperazine rings is 1. The number of carboxylic acids is 1. The van der Waals surface area contributed by atoms with Crippen molar-refractivity contribution >= 4 is 11.9 Å². The van der Waals surface area contributed by atoms with E-state index in [9.17, 15) is 15.0 Å². The van der Waals surface area contributed by atoms with E-state index in [-0.39, 0.29) is 5.75 Å². The van der Waals surface area contributed by atoms with Gasteiger partial charge in [-0.2, -0.15) is 0 Å². The van der Waals surface area contributed by atoms with E-state index in [0.29, 0.717) is 32.1 Å². The van der Waals surface area contributed by atoms with Gasteiger partial charge in [0.1, 0.15) is 11.8 Å². The molecule has 0 spiro atoms. The lowest BCUT2D eigenvalue weighted by atomic mass is 10.1. The molecule has 1 aromatic heterocycles. The van der Waals surface area contributed by atoms with Crippen molar-refractivity contribution in [2.75, 3.05) is 31.5 Å². The molecule has 0 radical (unpaired) electrons. The van der Waals surface area contributed by atoms with E-state index in [1.54, 1.807) is 18.3 Å². The zero-order valence-corrected chi connectivity index (χ0v) is 17.7. The fraction of sp³-hybridized carbons (Fsp3) is 0.292. The molecule has 1 unspecified atom stereocenters. The summed E-state index contributed by atoms with van der Waals surface area (Å²) in [5.41, 5.74) is 3.94. The first kappa shape index (κ1) is 21.7. The number of aliphatic carboxylic acids is 1. The van der Waals surface area contributed by atoms with Crippen LogP contribution in [0.5, 0.6) is 5.75 Å². The summed E-state index contributed by atoms with van der Waals surface area (Å²) in [7, 11) is 0. The Bertz CT molecular complexity index is 1060. The maximum Gasteiger partial charge on any atom is 0.322 e. The van der Waals surface area contributed by atoms with Gasteiger partial charge in [-0.25, -0.2) is 9.97 Å². The van der Waals surface area contributed by atoms with Crippen LogP contribution in [0.3, 0.4) is 0 Å². The molecule has 0 saturated carbocycles. The molecule has 1 atom stereocenters. The number of rotatable bonds is 8. The number of hydrogen-bond acceptors (Lipinski definition) is 7. The van der Waals surface area contributed by atoms with Gasteiger partial charge in [-0.15, -0.1) is 0 Å². The number of benzene rings is 2. The van der Waals surface area contributed by atoms with Crippen LogP contribution in [0.2, 0.25) is 0 Å². The van der Waals surface area contributed by atoms with Gasteiger partial charge < -0.3 is 20.8 Å². The monoisotopic (exact) mass is 433 g/mol.